The van der Waals surface area contributed by atoms with Crippen LogP contribution in [-0.2, 0) is 24.3 Å². The standard InChI is InChI=1S/C25H28F2N2O3/c1-15-4-6-18(7-5-15)23-17(3)21-14-29(13-20(21)16(2)19(23)12-22(30)31)24(32)28-10-8-25(26,27)9-11-28/h4-7H,8-14H2,1-3H3,(H,30,31). The minimum Gasteiger partial charge on any atom is -0.481 e. The number of urea groups is 1. The molecule has 1 N–H and O–H groups in total. The van der Waals surface area contributed by atoms with Gasteiger partial charge in [0.25, 0.3) is 5.92 Å². The van der Waals surface area contributed by atoms with E-state index in [1.54, 1.807) is 4.90 Å². The molecule has 4 rings (SSSR count). The second-order valence-electron chi connectivity index (χ2n) is 8.98. The van der Waals surface area contributed by atoms with E-state index < -0.39 is 11.9 Å². The molecular formula is C25H28F2N2O3. The van der Waals surface area contributed by atoms with Gasteiger partial charge in [-0.25, -0.2) is 13.6 Å². The fourth-order valence-electron chi connectivity index (χ4n) is 4.91. The third-order valence-corrected chi connectivity index (χ3v) is 6.80. The number of carbonyl (C=O) groups excluding carboxylic acids is 1. The van der Waals surface area contributed by atoms with Crippen LogP contribution < -0.4 is 0 Å². The minimum atomic E-state index is -2.70. The molecular weight excluding hydrogens is 414 g/mol. The van der Waals surface area contributed by atoms with Crippen LogP contribution in [0.25, 0.3) is 11.1 Å². The molecule has 170 valence electrons. The molecule has 0 radical (unpaired) electrons. The van der Waals surface area contributed by atoms with Crippen molar-refractivity contribution in [1.82, 2.24) is 9.80 Å². The van der Waals surface area contributed by atoms with E-state index in [0.29, 0.717) is 13.1 Å². The summed E-state index contributed by atoms with van der Waals surface area (Å²) in [5.74, 6) is -3.60. The summed E-state index contributed by atoms with van der Waals surface area (Å²) in [6, 6.07) is 7.78. The van der Waals surface area contributed by atoms with Crippen LogP contribution >= 0.6 is 0 Å². The van der Waals surface area contributed by atoms with Crippen LogP contribution in [0, 0.1) is 20.8 Å². The normalized spacial score (nSPS) is 17.4. The Morgan fingerprint density at radius 2 is 1.50 bits per heavy atom. The Balaban J connectivity index is 1.70. The maximum Gasteiger partial charge on any atom is 0.320 e. The Morgan fingerprint density at radius 3 is 2.06 bits per heavy atom. The number of carbonyl (C=O) groups is 2. The van der Waals surface area contributed by atoms with E-state index in [9.17, 15) is 23.5 Å². The number of hydrogen-bond acceptors (Lipinski definition) is 2. The number of carboxylic acids is 1. The molecule has 0 bridgehead atoms. The topological polar surface area (TPSA) is 60.9 Å². The Bertz CT molecular complexity index is 1070. The van der Waals surface area contributed by atoms with Crippen molar-refractivity contribution in [2.24, 2.45) is 0 Å². The van der Waals surface area contributed by atoms with Crippen molar-refractivity contribution in [3.63, 3.8) is 0 Å². The van der Waals surface area contributed by atoms with Crippen molar-refractivity contribution < 1.29 is 23.5 Å². The van der Waals surface area contributed by atoms with Gasteiger partial charge in [-0.05, 0) is 59.7 Å². The van der Waals surface area contributed by atoms with Gasteiger partial charge in [0.15, 0.2) is 0 Å². The third kappa shape index (κ3) is 4.08. The van der Waals surface area contributed by atoms with Gasteiger partial charge in [-0.3, -0.25) is 4.79 Å². The summed E-state index contributed by atoms with van der Waals surface area (Å²) in [5, 5.41) is 9.57. The van der Waals surface area contributed by atoms with Crippen molar-refractivity contribution in [3.8, 4) is 11.1 Å². The molecule has 7 heteroatoms. The van der Waals surface area contributed by atoms with E-state index in [2.05, 4.69) is 0 Å². The Labute approximate surface area is 186 Å². The first-order chi connectivity index (χ1) is 15.1. The number of nitrogens with zero attached hydrogens (tertiary/aromatic N) is 2. The van der Waals surface area contributed by atoms with Crippen molar-refractivity contribution in [2.45, 2.75) is 59.0 Å². The highest BCUT2D eigenvalue weighted by molar-refractivity contribution is 5.83. The quantitative estimate of drug-likeness (QED) is 0.722. The Hall–Kier alpha value is -2.96. The molecule has 32 heavy (non-hydrogen) atoms. The molecule has 2 aromatic carbocycles. The lowest BCUT2D eigenvalue weighted by Gasteiger charge is -2.34. The van der Waals surface area contributed by atoms with Crippen LogP contribution in [0.5, 0.6) is 0 Å². The highest BCUT2D eigenvalue weighted by atomic mass is 19.3. The van der Waals surface area contributed by atoms with E-state index in [1.165, 1.54) is 4.90 Å². The molecule has 1 fully saturated rings. The first-order valence-electron chi connectivity index (χ1n) is 10.9. The number of aliphatic carboxylic acids is 1. The number of carboxylic acid groups (broad SMARTS) is 1. The number of benzene rings is 2. The molecule has 2 heterocycles. The average Bonchev–Trinajstić information content (AvgIpc) is 3.18. The van der Waals surface area contributed by atoms with E-state index in [0.717, 1.165) is 44.5 Å². The molecule has 0 aromatic heterocycles. The molecule has 0 saturated carbocycles. The summed E-state index contributed by atoms with van der Waals surface area (Å²) < 4.78 is 27.0. The number of likely N-dealkylation sites (tertiary alicyclic amines) is 1. The van der Waals surface area contributed by atoms with E-state index in [1.807, 2.05) is 45.0 Å². The molecule has 0 unspecified atom stereocenters. The first kappa shape index (κ1) is 22.2. The monoisotopic (exact) mass is 442 g/mol. The predicted octanol–water partition coefficient (Wildman–Crippen LogP) is 5.07. The second kappa shape index (κ2) is 8.19. The number of aryl methyl sites for hydroxylation is 1. The first-order valence-corrected chi connectivity index (χ1v) is 10.9. The van der Waals surface area contributed by atoms with Gasteiger partial charge in [0.05, 0.1) is 6.42 Å². The lowest BCUT2D eigenvalue weighted by atomic mass is 9.84. The number of hydrogen-bond donors (Lipinski definition) is 1. The second-order valence-corrected chi connectivity index (χ2v) is 8.98. The van der Waals surface area contributed by atoms with Crippen LogP contribution in [0.2, 0.25) is 0 Å². The van der Waals surface area contributed by atoms with Crippen molar-refractivity contribution >= 4 is 12.0 Å². The summed E-state index contributed by atoms with van der Waals surface area (Å²) in [6.07, 6.45) is -0.714. The number of halogens is 2. The SMILES string of the molecule is Cc1ccc(-c2c(C)c3c(c(C)c2CC(=O)O)CN(C(=O)N2CCC(F)(F)CC2)C3)cc1. The van der Waals surface area contributed by atoms with Gasteiger partial charge >= 0.3 is 12.0 Å². The van der Waals surface area contributed by atoms with E-state index >= 15 is 0 Å². The van der Waals surface area contributed by atoms with Crippen LogP contribution in [0.3, 0.4) is 0 Å². The average molecular weight is 443 g/mol. The zero-order chi connectivity index (χ0) is 23.2. The van der Waals surface area contributed by atoms with Crippen molar-refractivity contribution in [2.75, 3.05) is 13.1 Å². The number of rotatable bonds is 3. The van der Waals surface area contributed by atoms with Crippen LogP contribution in [0.4, 0.5) is 13.6 Å². The zero-order valence-corrected chi connectivity index (χ0v) is 18.7. The van der Waals surface area contributed by atoms with Gasteiger partial charge < -0.3 is 14.9 Å². The maximum atomic E-state index is 13.5. The van der Waals surface area contributed by atoms with Gasteiger partial charge in [0.2, 0.25) is 0 Å². The summed E-state index contributed by atoms with van der Waals surface area (Å²) in [4.78, 5) is 27.9. The van der Waals surface area contributed by atoms with Gasteiger partial charge in [-0.15, -0.1) is 0 Å². The number of alkyl halides is 2. The van der Waals surface area contributed by atoms with Gasteiger partial charge in [0.1, 0.15) is 0 Å². The van der Waals surface area contributed by atoms with Gasteiger partial charge in [-0.1, -0.05) is 29.8 Å². The van der Waals surface area contributed by atoms with Crippen LogP contribution in [0.1, 0.15) is 46.2 Å². The number of piperidine rings is 1. The fourth-order valence-corrected chi connectivity index (χ4v) is 4.91. The van der Waals surface area contributed by atoms with E-state index in [4.69, 9.17) is 0 Å². The zero-order valence-electron chi connectivity index (χ0n) is 18.7. The lowest BCUT2D eigenvalue weighted by Crippen LogP contribution is -2.47. The predicted molar refractivity (Wildman–Crippen MR) is 118 cm³/mol. The van der Waals surface area contributed by atoms with Crippen molar-refractivity contribution in [3.05, 3.63) is 57.6 Å². The molecule has 5 nitrogen and oxygen atoms in total. The Morgan fingerprint density at radius 1 is 0.938 bits per heavy atom. The molecule has 0 spiro atoms. The molecule has 2 aromatic rings. The molecule has 2 amide bonds. The molecule has 2 aliphatic rings. The summed E-state index contributed by atoms with van der Waals surface area (Å²) >= 11 is 0. The lowest BCUT2D eigenvalue weighted by molar-refractivity contribution is -0.136. The van der Waals surface area contributed by atoms with Crippen LogP contribution in [0.15, 0.2) is 24.3 Å². The maximum absolute atomic E-state index is 13.5. The van der Waals surface area contributed by atoms with Gasteiger partial charge in [0, 0.05) is 39.0 Å². The number of amides is 2. The highest BCUT2D eigenvalue weighted by Gasteiger charge is 2.38. The fraction of sp³-hybridized carbons (Fsp3) is 0.440. The van der Waals surface area contributed by atoms with Crippen molar-refractivity contribution in [1.29, 1.82) is 0 Å². The van der Waals surface area contributed by atoms with Crippen LogP contribution in [-0.4, -0.2) is 45.9 Å². The Kier molecular flexibility index (Phi) is 5.69. The third-order valence-electron chi connectivity index (χ3n) is 6.80. The van der Waals surface area contributed by atoms with Gasteiger partial charge in [-0.2, -0.15) is 0 Å². The molecule has 1 saturated heterocycles. The smallest absolute Gasteiger partial charge is 0.320 e. The molecule has 2 aliphatic heterocycles. The molecule has 0 atom stereocenters. The summed E-state index contributed by atoms with van der Waals surface area (Å²) in [6.45, 7) is 6.78. The highest BCUT2D eigenvalue weighted by Crippen LogP contribution is 2.40. The molecule has 0 aliphatic carbocycles. The van der Waals surface area contributed by atoms with E-state index in [-0.39, 0.29) is 38.4 Å². The minimum absolute atomic E-state index is 0.0511. The summed E-state index contributed by atoms with van der Waals surface area (Å²) in [5.41, 5.74) is 7.63. The number of fused-ring (bicyclic) bond motifs is 1. The largest absolute Gasteiger partial charge is 0.481 e. The summed E-state index contributed by atoms with van der Waals surface area (Å²) in [7, 11) is 0.